The lowest BCUT2D eigenvalue weighted by Crippen LogP contribution is -2.39. The van der Waals surface area contributed by atoms with Crippen LogP contribution in [0.4, 0.5) is 23.7 Å². The Morgan fingerprint density at radius 3 is 2.49 bits per heavy atom. The molecule has 2 aromatic rings. The molecule has 1 saturated heterocycles. The number of nitrogens with one attached hydrogen (secondary N) is 3. The molecule has 0 saturated carbocycles. The summed E-state index contributed by atoms with van der Waals surface area (Å²) in [5.74, 6) is -0.172. The minimum absolute atomic E-state index is 0.0176. The van der Waals surface area contributed by atoms with E-state index in [-0.39, 0.29) is 11.9 Å². The number of halogens is 5. The van der Waals surface area contributed by atoms with Crippen molar-refractivity contribution in [2.45, 2.75) is 37.9 Å². The summed E-state index contributed by atoms with van der Waals surface area (Å²) >= 11 is 11.8. The van der Waals surface area contributed by atoms with Crippen LogP contribution in [-0.4, -0.2) is 49.1 Å². The van der Waals surface area contributed by atoms with Gasteiger partial charge in [-0.05, 0) is 73.8 Å². The molecule has 3 amide bonds. The zero-order valence-electron chi connectivity index (χ0n) is 20.1. The molecule has 1 heterocycles. The maximum atomic E-state index is 12.6. The fourth-order valence-electron chi connectivity index (χ4n) is 3.94. The number of alkyl halides is 3. The zero-order valence-corrected chi connectivity index (χ0v) is 21.6. The fraction of sp³-hybridized carbons (Fsp3) is 0.385. The van der Waals surface area contributed by atoms with Crippen molar-refractivity contribution in [2.75, 3.05) is 31.5 Å². The van der Waals surface area contributed by atoms with Crippen LogP contribution in [0, 0.1) is 0 Å². The average molecular weight is 557 g/mol. The molecule has 1 aliphatic rings. The molecule has 0 aliphatic carbocycles. The highest BCUT2D eigenvalue weighted by molar-refractivity contribution is 6.42. The van der Waals surface area contributed by atoms with E-state index in [1.807, 2.05) is 0 Å². The van der Waals surface area contributed by atoms with Gasteiger partial charge in [0, 0.05) is 37.4 Å². The number of rotatable bonds is 10. The molecule has 2 aromatic carbocycles. The second-order valence-electron chi connectivity index (χ2n) is 8.82. The number of carbonyl (C=O) groups excluding carboxylic acids is 2. The summed E-state index contributed by atoms with van der Waals surface area (Å²) < 4.78 is 37.9. The van der Waals surface area contributed by atoms with Gasteiger partial charge in [0.1, 0.15) is 0 Å². The third-order valence-electron chi connectivity index (χ3n) is 5.90. The fourth-order valence-corrected chi connectivity index (χ4v) is 4.25. The molecule has 3 rings (SSSR count). The number of urea groups is 1. The number of nitrogens with zero attached hydrogens (tertiary/aromatic N) is 1. The van der Waals surface area contributed by atoms with Crippen molar-refractivity contribution < 1.29 is 22.8 Å². The third kappa shape index (κ3) is 9.91. The lowest BCUT2D eigenvalue weighted by molar-refractivity contribution is -0.137. The lowest BCUT2D eigenvalue weighted by atomic mass is 10.2. The van der Waals surface area contributed by atoms with E-state index >= 15 is 0 Å². The van der Waals surface area contributed by atoms with Crippen LogP contribution in [0.3, 0.4) is 0 Å². The summed E-state index contributed by atoms with van der Waals surface area (Å²) in [5, 5.41) is 9.21. The van der Waals surface area contributed by atoms with Crippen LogP contribution in [0.5, 0.6) is 0 Å². The van der Waals surface area contributed by atoms with Crippen molar-refractivity contribution in [3.63, 3.8) is 0 Å². The predicted molar refractivity (Wildman–Crippen MR) is 141 cm³/mol. The van der Waals surface area contributed by atoms with Crippen molar-refractivity contribution in [3.8, 4) is 0 Å². The molecule has 37 heavy (non-hydrogen) atoms. The van der Waals surface area contributed by atoms with Gasteiger partial charge in [-0.1, -0.05) is 35.7 Å². The minimum Gasteiger partial charge on any atom is -0.353 e. The Morgan fingerprint density at radius 1 is 1.03 bits per heavy atom. The van der Waals surface area contributed by atoms with Gasteiger partial charge >= 0.3 is 12.2 Å². The first-order chi connectivity index (χ1) is 17.6. The summed E-state index contributed by atoms with van der Waals surface area (Å²) in [6.07, 6.45) is 2.33. The Balaban J connectivity index is 1.25. The molecule has 1 unspecified atom stereocenters. The maximum absolute atomic E-state index is 12.6. The van der Waals surface area contributed by atoms with Crippen molar-refractivity contribution >= 4 is 46.9 Å². The molecule has 1 atom stereocenters. The van der Waals surface area contributed by atoms with E-state index in [0.29, 0.717) is 22.3 Å². The van der Waals surface area contributed by atoms with Crippen molar-refractivity contribution in [1.29, 1.82) is 0 Å². The van der Waals surface area contributed by atoms with Crippen LogP contribution in [0.1, 0.15) is 36.8 Å². The molecular formula is C26H29Cl2F3N4O2. The van der Waals surface area contributed by atoms with E-state index < -0.39 is 17.8 Å². The summed E-state index contributed by atoms with van der Waals surface area (Å²) in [7, 11) is 0. The summed E-state index contributed by atoms with van der Waals surface area (Å²) in [6.45, 7) is 3.06. The van der Waals surface area contributed by atoms with Crippen molar-refractivity contribution in [2.24, 2.45) is 0 Å². The predicted octanol–water partition coefficient (Wildman–Crippen LogP) is 6.21. The molecule has 0 bridgehead atoms. The topological polar surface area (TPSA) is 73.5 Å². The smallest absolute Gasteiger partial charge is 0.353 e. The van der Waals surface area contributed by atoms with Crippen molar-refractivity contribution in [3.05, 3.63) is 69.7 Å². The van der Waals surface area contributed by atoms with Crippen LogP contribution in [-0.2, 0) is 11.0 Å². The molecule has 3 N–H and O–H groups in total. The summed E-state index contributed by atoms with van der Waals surface area (Å²) in [6, 6.07) is 9.04. The van der Waals surface area contributed by atoms with Crippen LogP contribution < -0.4 is 16.0 Å². The number of amides is 3. The van der Waals surface area contributed by atoms with Gasteiger partial charge in [-0.15, -0.1) is 0 Å². The van der Waals surface area contributed by atoms with Gasteiger partial charge in [0.05, 0.1) is 15.6 Å². The van der Waals surface area contributed by atoms with Crippen LogP contribution in [0.2, 0.25) is 10.0 Å². The van der Waals surface area contributed by atoms with Gasteiger partial charge in [0.15, 0.2) is 0 Å². The van der Waals surface area contributed by atoms with Gasteiger partial charge < -0.3 is 20.9 Å². The molecular weight excluding hydrogens is 528 g/mol. The molecule has 6 nitrogen and oxygen atoms in total. The molecule has 1 fully saturated rings. The SMILES string of the molecule is O=C(/C=C/c1ccc(Cl)c(Cl)c1)NCCCCCN1CCC(NC(=O)Nc2ccc(C(F)(F)F)cc2)C1. The van der Waals surface area contributed by atoms with E-state index in [0.717, 1.165) is 63.0 Å². The summed E-state index contributed by atoms with van der Waals surface area (Å²) in [5.41, 5.74) is 0.335. The number of anilines is 1. The Hall–Kier alpha value is -2.75. The van der Waals surface area contributed by atoms with Crippen LogP contribution in [0.25, 0.3) is 6.08 Å². The molecule has 0 aromatic heterocycles. The quantitative estimate of drug-likeness (QED) is 0.240. The highest BCUT2D eigenvalue weighted by Crippen LogP contribution is 2.29. The third-order valence-corrected chi connectivity index (χ3v) is 6.64. The first-order valence-electron chi connectivity index (χ1n) is 12.0. The van der Waals surface area contributed by atoms with Gasteiger partial charge in [-0.3, -0.25) is 4.79 Å². The van der Waals surface area contributed by atoms with Crippen molar-refractivity contribution in [1.82, 2.24) is 15.5 Å². The first kappa shape index (κ1) is 28.8. The largest absolute Gasteiger partial charge is 0.416 e. The van der Waals surface area contributed by atoms with E-state index in [1.54, 1.807) is 24.3 Å². The van der Waals surface area contributed by atoms with Gasteiger partial charge in [0.25, 0.3) is 0 Å². The van der Waals surface area contributed by atoms with E-state index in [2.05, 4.69) is 20.9 Å². The number of hydrogen-bond acceptors (Lipinski definition) is 3. The molecule has 0 spiro atoms. The average Bonchev–Trinajstić information content (AvgIpc) is 3.28. The minimum atomic E-state index is -4.41. The normalized spacial score (nSPS) is 16.2. The van der Waals surface area contributed by atoms with Gasteiger partial charge in [0.2, 0.25) is 5.91 Å². The van der Waals surface area contributed by atoms with Crippen LogP contribution >= 0.6 is 23.2 Å². The van der Waals surface area contributed by atoms with Gasteiger partial charge in [-0.2, -0.15) is 13.2 Å². The maximum Gasteiger partial charge on any atom is 0.416 e. The Labute approximate surface area is 224 Å². The first-order valence-corrected chi connectivity index (χ1v) is 12.7. The Bertz CT molecular complexity index is 1090. The number of hydrogen-bond donors (Lipinski definition) is 3. The van der Waals surface area contributed by atoms with Gasteiger partial charge in [-0.25, -0.2) is 4.79 Å². The molecule has 11 heteroatoms. The van der Waals surface area contributed by atoms with E-state index in [1.165, 1.54) is 18.2 Å². The highest BCUT2D eigenvalue weighted by Gasteiger charge is 2.30. The molecule has 1 aliphatic heterocycles. The number of carbonyl (C=O) groups is 2. The van der Waals surface area contributed by atoms with Crippen LogP contribution in [0.15, 0.2) is 48.5 Å². The second kappa shape index (κ2) is 13.7. The lowest BCUT2D eigenvalue weighted by Gasteiger charge is -2.17. The number of unbranched alkanes of at least 4 members (excludes halogenated alkanes) is 2. The van der Waals surface area contributed by atoms with E-state index in [9.17, 15) is 22.8 Å². The monoisotopic (exact) mass is 556 g/mol. The molecule has 200 valence electrons. The van der Waals surface area contributed by atoms with E-state index in [4.69, 9.17) is 23.2 Å². The Kier molecular flexibility index (Phi) is 10.7. The Morgan fingerprint density at radius 2 is 1.78 bits per heavy atom. The highest BCUT2D eigenvalue weighted by atomic mass is 35.5. The standard InChI is InChI=1S/C26H29Cl2F3N4O2/c27-22-10-4-18(16-23(22)28)5-11-24(36)32-13-2-1-3-14-35-15-12-21(17-35)34-25(37)33-20-8-6-19(7-9-20)26(29,30)31/h4-11,16,21H,1-3,12-15,17H2,(H,32,36)(H2,33,34,37)/b11-5+. The summed E-state index contributed by atoms with van der Waals surface area (Å²) in [4.78, 5) is 26.4. The number of benzene rings is 2. The zero-order chi connectivity index (χ0) is 26.8. The second-order valence-corrected chi connectivity index (χ2v) is 9.63. The number of likely N-dealkylation sites (tertiary alicyclic amines) is 1. The molecule has 0 radical (unpaired) electrons.